The molecule has 2 rings (SSSR count). The van der Waals surface area contributed by atoms with Gasteiger partial charge in [0.25, 0.3) is 11.5 Å². The Morgan fingerprint density at radius 1 is 1.64 bits per heavy atom. The van der Waals surface area contributed by atoms with Crippen LogP contribution in [0.1, 0.15) is 10.4 Å². The van der Waals surface area contributed by atoms with Gasteiger partial charge in [0, 0.05) is 12.4 Å². The van der Waals surface area contributed by atoms with Crippen LogP contribution in [0.4, 0.5) is 0 Å². The first-order chi connectivity index (χ1) is 6.59. The summed E-state index contributed by atoms with van der Waals surface area (Å²) < 4.78 is 1.52. The fraction of sp³-hybridized carbons (Fsp3) is 0.125. The molecule has 0 saturated carbocycles. The zero-order valence-corrected chi connectivity index (χ0v) is 7.44. The van der Waals surface area contributed by atoms with Crippen molar-refractivity contribution in [2.45, 2.75) is 0 Å². The van der Waals surface area contributed by atoms with Gasteiger partial charge in [0.2, 0.25) is 0 Å². The molecule has 0 radical (unpaired) electrons. The molecule has 3 N–H and O–H groups in total. The predicted molar refractivity (Wildman–Crippen MR) is 49.9 cm³/mol. The van der Waals surface area contributed by atoms with Gasteiger partial charge in [-0.2, -0.15) is 5.10 Å². The molecule has 2 heterocycles. The molecule has 0 saturated heterocycles. The Labute approximate surface area is 78.3 Å². The number of H-pyrrole nitrogens is 1. The standard InChI is InChI=1S/C8H8N4O2/c1-12-7-4(3-10-12)2-5(6(9)13)8(14)11-7/h2-3H,1H3,(H2,9,13)(H,11,14). The van der Waals surface area contributed by atoms with Crippen LogP contribution in [0.25, 0.3) is 11.0 Å². The lowest BCUT2D eigenvalue weighted by molar-refractivity contribution is 0.0999. The number of nitrogens with two attached hydrogens (primary N) is 1. The minimum atomic E-state index is -0.739. The van der Waals surface area contributed by atoms with Crippen LogP contribution in [0.5, 0.6) is 0 Å². The predicted octanol–water partition coefficient (Wildman–Crippen LogP) is -0.639. The van der Waals surface area contributed by atoms with E-state index in [1.54, 1.807) is 13.2 Å². The number of carbonyl (C=O) groups excluding carboxylic acids is 1. The summed E-state index contributed by atoms with van der Waals surface area (Å²) in [6.07, 6.45) is 1.55. The second-order valence-electron chi connectivity index (χ2n) is 2.95. The van der Waals surface area contributed by atoms with Gasteiger partial charge >= 0.3 is 0 Å². The van der Waals surface area contributed by atoms with E-state index in [0.717, 1.165) is 0 Å². The number of primary amides is 1. The van der Waals surface area contributed by atoms with E-state index in [-0.39, 0.29) is 5.56 Å². The fourth-order valence-electron chi connectivity index (χ4n) is 1.29. The molecule has 0 unspecified atom stereocenters. The van der Waals surface area contributed by atoms with E-state index in [9.17, 15) is 9.59 Å². The van der Waals surface area contributed by atoms with E-state index in [4.69, 9.17) is 5.73 Å². The summed E-state index contributed by atoms with van der Waals surface area (Å²) in [5.74, 6) is -0.739. The van der Waals surface area contributed by atoms with Gasteiger partial charge in [0.15, 0.2) is 0 Å². The molecule has 0 aliphatic rings. The Hall–Kier alpha value is -2.11. The molecule has 72 valence electrons. The highest BCUT2D eigenvalue weighted by molar-refractivity contribution is 5.95. The number of hydrogen-bond donors (Lipinski definition) is 2. The van der Waals surface area contributed by atoms with Gasteiger partial charge in [-0.25, -0.2) is 0 Å². The number of rotatable bonds is 1. The van der Waals surface area contributed by atoms with Crippen molar-refractivity contribution in [2.24, 2.45) is 12.8 Å². The SMILES string of the molecule is Cn1ncc2cc(C(N)=O)c(=O)[nH]c21. The minimum absolute atomic E-state index is 0.0505. The number of fused-ring (bicyclic) bond motifs is 1. The fourth-order valence-corrected chi connectivity index (χ4v) is 1.29. The smallest absolute Gasteiger partial charge is 0.262 e. The maximum Gasteiger partial charge on any atom is 0.262 e. The third kappa shape index (κ3) is 1.08. The highest BCUT2D eigenvalue weighted by Gasteiger charge is 2.09. The third-order valence-electron chi connectivity index (χ3n) is 2.01. The molecule has 0 aliphatic heterocycles. The van der Waals surface area contributed by atoms with Crippen LogP contribution >= 0.6 is 0 Å². The van der Waals surface area contributed by atoms with Gasteiger partial charge in [-0.3, -0.25) is 14.3 Å². The molecule has 2 aromatic rings. The Morgan fingerprint density at radius 2 is 2.36 bits per heavy atom. The number of hydrogen-bond acceptors (Lipinski definition) is 3. The zero-order chi connectivity index (χ0) is 10.3. The Balaban J connectivity index is 2.86. The van der Waals surface area contributed by atoms with Crippen molar-refractivity contribution in [3.05, 3.63) is 28.2 Å². The first-order valence-electron chi connectivity index (χ1n) is 3.94. The summed E-state index contributed by atoms with van der Waals surface area (Å²) in [4.78, 5) is 24.7. The number of aryl methyl sites for hydroxylation is 1. The molecule has 0 aliphatic carbocycles. The Morgan fingerprint density at radius 3 is 3.00 bits per heavy atom. The van der Waals surface area contributed by atoms with Crippen LogP contribution in [0.3, 0.4) is 0 Å². The maximum absolute atomic E-state index is 11.3. The number of amides is 1. The van der Waals surface area contributed by atoms with Gasteiger partial charge in [-0.1, -0.05) is 0 Å². The van der Waals surface area contributed by atoms with Crippen LogP contribution in [0.15, 0.2) is 17.1 Å². The van der Waals surface area contributed by atoms with Crippen molar-refractivity contribution in [3.8, 4) is 0 Å². The van der Waals surface area contributed by atoms with E-state index in [1.165, 1.54) is 10.7 Å². The normalized spacial score (nSPS) is 10.6. The van der Waals surface area contributed by atoms with Crippen molar-refractivity contribution in [2.75, 3.05) is 0 Å². The van der Waals surface area contributed by atoms with Crippen molar-refractivity contribution in [1.82, 2.24) is 14.8 Å². The number of nitrogens with zero attached hydrogens (tertiary/aromatic N) is 2. The molecule has 14 heavy (non-hydrogen) atoms. The molecule has 0 fully saturated rings. The Kier molecular flexibility index (Phi) is 1.63. The van der Waals surface area contributed by atoms with Crippen molar-refractivity contribution in [3.63, 3.8) is 0 Å². The van der Waals surface area contributed by atoms with Crippen LogP contribution < -0.4 is 11.3 Å². The monoisotopic (exact) mass is 192 g/mol. The topological polar surface area (TPSA) is 93.8 Å². The summed E-state index contributed by atoms with van der Waals surface area (Å²) in [6.45, 7) is 0. The van der Waals surface area contributed by atoms with E-state index < -0.39 is 11.5 Å². The van der Waals surface area contributed by atoms with E-state index >= 15 is 0 Å². The number of aromatic amines is 1. The van der Waals surface area contributed by atoms with Gasteiger partial charge in [-0.15, -0.1) is 0 Å². The van der Waals surface area contributed by atoms with Crippen LogP contribution in [0.2, 0.25) is 0 Å². The van der Waals surface area contributed by atoms with Gasteiger partial charge in [0.1, 0.15) is 11.2 Å². The van der Waals surface area contributed by atoms with Gasteiger partial charge < -0.3 is 10.7 Å². The maximum atomic E-state index is 11.3. The second kappa shape index (κ2) is 2.69. The molecule has 0 atom stereocenters. The lowest BCUT2D eigenvalue weighted by atomic mass is 10.2. The van der Waals surface area contributed by atoms with Crippen LogP contribution in [-0.2, 0) is 7.05 Å². The molecular formula is C8H8N4O2. The summed E-state index contributed by atoms with van der Waals surface area (Å²) in [5, 5.41) is 4.61. The average Bonchev–Trinajstić information content (AvgIpc) is 2.46. The number of pyridine rings is 1. The molecule has 1 amide bonds. The van der Waals surface area contributed by atoms with E-state index in [0.29, 0.717) is 11.0 Å². The Bertz CT molecular complexity index is 566. The van der Waals surface area contributed by atoms with Crippen LogP contribution in [-0.4, -0.2) is 20.7 Å². The molecule has 0 bridgehead atoms. The summed E-state index contributed by atoms with van der Waals surface area (Å²) in [6, 6.07) is 1.43. The lowest BCUT2D eigenvalue weighted by Crippen LogP contribution is -2.23. The molecule has 6 heteroatoms. The van der Waals surface area contributed by atoms with Crippen molar-refractivity contribution in [1.29, 1.82) is 0 Å². The lowest BCUT2D eigenvalue weighted by Gasteiger charge is -1.96. The summed E-state index contributed by atoms with van der Waals surface area (Å²) in [5.41, 5.74) is 5.05. The molecular weight excluding hydrogens is 184 g/mol. The minimum Gasteiger partial charge on any atom is -0.365 e. The zero-order valence-electron chi connectivity index (χ0n) is 7.44. The molecule has 0 aromatic carbocycles. The number of carbonyl (C=O) groups is 1. The highest BCUT2D eigenvalue weighted by atomic mass is 16.2. The van der Waals surface area contributed by atoms with E-state index in [1.807, 2.05) is 0 Å². The number of aromatic nitrogens is 3. The molecule has 0 spiro atoms. The summed E-state index contributed by atoms with van der Waals surface area (Å²) >= 11 is 0. The second-order valence-corrected chi connectivity index (χ2v) is 2.95. The van der Waals surface area contributed by atoms with Gasteiger partial charge in [0.05, 0.1) is 6.20 Å². The number of nitrogens with one attached hydrogen (secondary N) is 1. The molecule has 2 aromatic heterocycles. The summed E-state index contributed by atoms with van der Waals surface area (Å²) in [7, 11) is 1.70. The van der Waals surface area contributed by atoms with Crippen molar-refractivity contribution >= 4 is 16.9 Å². The first kappa shape index (κ1) is 8.49. The van der Waals surface area contributed by atoms with Crippen molar-refractivity contribution < 1.29 is 4.79 Å². The molecule has 6 nitrogen and oxygen atoms in total. The highest BCUT2D eigenvalue weighted by Crippen LogP contribution is 2.08. The average molecular weight is 192 g/mol. The third-order valence-corrected chi connectivity index (χ3v) is 2.01. The largest absolute Gasteiger partial charge is 0.365 e. The van der Waals surface area contributed by atoms with Crippen LogP contribution in [0, 0.1) is 0 Å². The van der Waals surface area contributed by atoms with Gasteiger partial charge in [-0.05, 0) is 6.07 Å². The first-order valence-corrected chi connectivity index (χ1v) is 3.94. The van der Waals surface area contributed by atoms with E-state index in [2.05, 4.69) is 10.1 Å². The quantitative estimate of drug-likeness (QED) is 0.629.